The molecule has 2 aromatic heterocycles. The molecule has 88 valence electrons. The van der Waals surface area contributed by atoms with Gasteiger partial charge in [0, 0.05) is 29.7 Å². The minimum absolute atomic E-state index is 0.0103. The summed E-state index contributed by atoms with van der Waals surface area (Å²) in [6.45, 7) is 3.99. The first-order chi connectivity index (χ1) is 8.06. The van der Waals surface area contributed by atoms with Gasteiger partial charge in [-0.2, -0.15) is 0 Å². The first kappa shape index (κ1) is 11.3. The predicted molar refractivity (Wildman–Crippen MR) is 63.0 cm³/mol. The van der Waals surface area contributed by atoms with Crippen LogP contribution in [0, 0.1) is 13.8 Å². The van der Waals surface area contributed by atoms with Gasteiger partial charge in [-0.25, -0.2) is 9.97 Å². The summed E-state index contributed by atoms with van der Waals surface area (Å²) in [7, 11) is 0. The number of pyridine rings is 1. The number of aromatic nitrogens is 3. The summed E-state index contributed by atoms with van der Waals surface area (Å²) in [5.74, 6) is 0.687. The first-order valence-electron chi connectivity index (χ1n) is 5.24. The van der Waals surface area contributed by atoms with Crippen LogP contribution in [0.1, 0.15) is 17.1 Å². The van der Waals surface area contributed by atoms with Crippen LogP contribution in [-0.4, -0.2) is 19.6 Å². The van der Waals surface area contributed by atoms with Crippen molar-refractivity contribution in [1.82, 2.24) is 14.5 Å². The molecular formula is C12H13N3O2. The van der Waals surface area contributed by atoms with Crippen molar-refractivity contribution in [3.63, 3.8) is 0 Å². The highest BCUT2D eigenvalue weighted by Crippen LogP contribution is 2.08. The molecule has 2 heterocycles. The summed E-state index contributed by atoms with van der Waals surface area (Å²) in [6, 6.07) is 2.75. The Balaban J connectivity index is 2.36. The lowest BCUT2D eigenvalue weighted by Crippen LogP contribution is -2.21. The minimum atomic E-state index is -0.233. The van der Waals surface area contributed by atoms with Gasteiger partial charge in [-0.05, 0) is 19.9 Å². The molecule has 1 N–H and O–H groups in total. The lowest BCUT2D eigenvalue weighted by atomic mass is 10.3. The predicted octanol–water partition coefficient (Wildman–Crippen LogP) is 1.01. The smallest absolute Gasteiger partial charge is 0.254 e. The van der Waals surface area contributed by atoms with Crippen LogP contribution < -0.4 is 5.56 Å². The quantitative estimate of drug-likeness (QED) is 0.837. The molecule has 0 unspecified atom stereocenters. The van der Waals surface area contributed by atoms with E-state index in [0.29, 0.717) is 18.1 Å². The third kappa shape index (κ3) is 2.50. The normalized spacial score (nSPS) is 10.5. The standard InChI is InChI=1S/C12H13N3O2/c1-8-3-11(16)4-12(17)15(8)7-10-5-13-9(2)14-6-10/h3-6,16H,7H2,1-2H3. The Morgan fingerprint density at radius 3 is 2.47 bits per heavy atom. The van der Waals surface area contributed by atoms with Gasteiger partial charge >= 0.3 is 0 Å². The average Bonchev–Trinajstić information content (AvgIpc) is 2.26. The third-order valence-electron chi connectivity index (χ3n) is 2.50. The largest absolute Gasteiger partial charge is 0.508 e. The van der Waals surface area contributed by atoms with E-state index in [2.05, 4.69) is 9.97 Å². The molecule has 0 aliphatic rings. The zero-order valence-corrected chi connectivity index (χ0v) is 9.71. The van der Waals surface area contributed by atoms with Crippen LogP contribution in [0.25, 0.3) is 0 Å². The van der Waals surface area contributed by atoms with Gasteiger partial charge in [0.1, 0.15) is 11.6 Å². The van der Waals surface area contributed by atoms with Crippen LogP contribution in [-0.2, 0) is 6.54 Å². The van der Waals surface area contributed by atoms with E-state index in [1.165, 1.54) is 6.07 Å². The van der Waals surface area contributed by atoms with Gasteiger partial charge in [0.15, 0.2) is 0 Å². The van der Waals surface area contributed by atoms with Crippen LogP contribution >= 0.6 is 0 Å². The third-order valence-corrected chi connectivity index (χ3v) is 2.50. The van der Waals surface area contributed by atoms with E-state index in [4.69, 9.17) is 0 Å². The minimum Gasteiger partial charge on any atom is -0.508 e. The molecule has 0 atom stereocenters. The van der Waals surface area contributed by atoms with E-state index in [9.17, 15) is 9.90 Å². The van der Waals surface area contributed by atoms with Crippen molar-refractivity contribution in [2.75, 3.05) is 0 Å². The number of hydrogen-bond acceptors (Lipinski definition) is 4. The Morgan fingerprint density at radius 1 is 1.24 bits per heavy atom. The van der Waals surface area contributed by atoms with E-state index in [-0.39, 0.29) is 11.3 Å². The maximum absolute atomic E-state index is 11.7. The van der Waals surface area contributed by atoms with Crippen molar-refractivity contribution in [3.8, 4) is 5.75 Å². The molecule has 0 spiro atoms. The fourth-order valence-electron chi connectivity index (χ4n) is 1.60. The van der Waals surface area contributed by atoms with Gasteiger partial charge in [0.25, 0.3) is 5.56 Å². The molecule has 0 aromatic carbocycles. The summed E-state index contributed by atoms with van der Waals surface area (Å²) in [5, 5.41) is 9.28. The second kappa shape index (κ2) is 4.37. The van der Waals surface area contributed by atoms with Crippen LogP contribution in [0.15, 0.2) is 29.3 Å². The summed E-state index contributed by atoms with van der Waals surface area (Å²) >= 11 is 0. The fourth-order valence-corrected chi connectivity index (χ4v) is 1.60. The van der Waals surface area contributed by atoms with Crippen LogP contribution in [0.2, 0.25) is 0 Å². The molecule has 0 saturated carbocycles. The molecular weight excluding hydrogens is 218 g/mol. The van der Waals surface area contributed by atoms with Crippen LogP contribution in [0.3, 0.4) is 0 Å². The van der Waals surface area contributed by atoms with Gasteiger partial charge in [-0.3, -0.25) is 4.79 Å². The fraction of sp³-hybridized carbons (Fsp3) is 0.250. The highest BCUT2D eigenvalue weighted by Gasteiger charge is 2.04. The molecule has 0 radical (unpaired) electrons. The van der Waals surface area contributed by atoms with Gasteiger partial charge in [0.05, 0.1) is 6.54 Å². The Hall–Kier alpha value is -2.17. The number of aryl methyl sites for hydroxylation is 2. The molecule has 0 saturated heterocycles. The Kier molecular flexibility index (Phi) is 2.91. The summed E-state index contributed by atoms with van der Waals surface area (Å²) in [6.07, 6.45) is 3.39. The molecule has 5 nitrogen and oxygen atoms in total. The maximum Gasteiger partial charge on any atom is 0.254 e. The van der Waals surface area contributed by atoms with E-state index >= 15 is 0 Å². The van der Waals surface area contributed by atoms with Gasteiger partial charge in [-0.15, -0.1) is 0 Å². The van der Waals surface area contributed by atoms with Gasteiger partial charge in [0.2, 0.25) is 0 Å². The Labute approximate surface area is 98.4 Å². The molecule has 2 rings (SSSR count). The second-order valence-corrected chi connectivity index (χ2v) is 3.92. The van der Waals surface area contributed by atoms with Crippen molar-refractivity contribution in [1.29, 1.82) is 0 Å². The lowest BCUT2D eigenvalue weighted by Gasteiger charge is -2.09. The summed E-state index contributed by atoms with van der Waals surface area (Å²) in [4.78, 5) is 19.8. The van der Waals surface area contributed by atoms with Crippen molar-refractivity contribution in [3.05, 3.63) is 52.0 Å². The Bertz CT molecular complexity index is 588. The van der Waals surface area contributed by atoms with E-state index in [1.807, 2.05) is 6.92 Å². The van der Waals surface area contributed by atoms with E-state index in [1.54, 1.807) is 30.0 Å². The van der Waals surface area contributed by atoms with Crippen LogP contribution in [0.5, 0.6) is 5.75 Å². The molecule has 0 fully saturated rings. The summed E-state index contributed by atoms with van der Waals surface area (Å²) < 4.78 is 1.56. The Morgan fingerprint density at radius 2 is 1.88 bits per heavy atom. The maximum atomic E-state index is 11.7. The SMILES string of the molecule is Cc1ncc(Cn2c(C)cc(O)cc2=O)cn1. The zero-order valence-electron chi connectivity index (χ0n) is 9.71. The highest BCUT2D eigenvalue weighted by atomic mass is 16.3. The molecule has 5 heteroatoms. The molecule has 0 bridgehead atoms. The van der Waals surface area contributed by atoms with Crippen molar-refractivity contribution in [2.24, 2.45) is 0 Å². The molecule has 17 heavy (non-hydrogen) atoms. The average molecular weight is 231 g/mol. The lowest BCUT2D eigenvalue weighted by molar-refractivity contribution is 0.470. The topological polar surface area (TPSA) is 68.0 Å². The molecule has 2 aromatic rings. The van der Waals surface area contributed by atoms with Crippen molar-refractivity contribution >= 4 is 0 Å². The summed E-state index contributed by atoms with van der Waals surface area (Å²) in [5.41, 5.74) is 1.32. The second-order valence-electron chi connectivity index (χ2n) is 3.92. The number of nitrogens with zero attached hydrogens (tertiary/aromatic N) is 3. The van der Waals surface area contributed by atoms with Crippen molar-refractivity contribution < 1.29 is 5.11 Å². The number of aromatic hydroxyl groups is 1. The number of rotatable bonds is 2. The molecule has 0 amide bonds. The monoisotopic (exact) mass is 231 g/mol. The molecule has 0 aliphatic carbocycles. The van der Waals surface area contributed by atoms with Gasteiger partial charge < -0.3 is 9.67 Å². The van der Waals surface area contributed by atoms with E-state index < -0.39 is 0 Å². The highest BCUT2D eigenvalue weighted by molar-refractivity contribution is 5.22. The number of hydrogen-bond donors (Lipinski definition) is 1. The van der Waals surface area contributed by atoms with Crippen molar-refractivity contribution in [2.45, 2.75) is 20.4 Å². The van der Waals surface area contributed by atoms with Gasteiger partial charge in [-0.1, -0.05) is 0 Å². The first-order valence-corrected chi connectivity index (χ1v) is 5.24. The molecule has 0 aliphatic heterocycles. The van der Waals surface area contributed by atoms with Crippen LogP contribution in [0.4, 0.5) is 0 Å². The zero-order chi connectivity index (χ0) is 12.4. The van der Waals surface area contributed by atoms with E-state index in [0.717, 1.165) is 5.56 Å².